The predicted molar refractivity (Wildman–Crippen MR) is 188 cm³/mol. The summed E-state index contributed by atoms with van der Waals surface area (Å²) in [5, 5.41) is 4.70. The molecule has 0 aliphatic heterocycles. The number of hydrogen-bond donors (Lipinski definition) is 0. The van der Waals surface area contributed by atoms with E-state index in [2.05, 4.69) is 167 Å². The Balaban J connectivity index is 1.39. The van der Waals surface area contributed by atoms with Crippen LogP contribution in [0.15, 0.2) is 174 Å². The van der Waals surface area contributed by atoms with Gasteiger partial charge in [-0.15, -0.1) is 0 Å². The molecule has 45 heavy (non-hydrogen) atoms. The zero-order valence-electron chi connectivity index (χ0n) is 24.5. The Bertz CT molecular complexity index is 2470. The predicted octanol–water partition coefficient (Wildman–Crippen LogP) is 11.8. The molecule has 0 atom stereocenters. The number of nitrogens with zero attached hydrogens (tertiary/aromatic N) is 2. The van der Waals surface area contributed by atoms with Crippen molar-refractivity contribution < 1.29 is 4.42 Å². The van der Waals surface area contributed by atoms with E-state index in [0.717, 1.165) is 61.3 Å². The summed E-state index contributed by atoms with van der Waals surface area (Å²) in [7, 11) is 0. The first-order valence-corrected chi connectivity index (χ1v) is 15.3. The Morgan fingerprint density at radius 3 is 1.87 bits per heavy atom. The first kappa shape index (κ1) is 25.4. The van der Waals surface area contributed by atoms with Crippen molar-refractivity contribution in [3.05, 3.63) is 170 Å². The molecule has 9 rings (SSSR count). The van der Waals surface area contributed by atoms with Crippen LogP contribution in [0.3, 0.4) is 0 Å². The van der Waals surface area contributed by atoms with Gasteiger partial charge in [0.25, 0.3) is 0 Å². The zero-order chi connectivity index (χ0) is 29.7. The quantitative estimate of drug-likeness (QED) is 0.203. The van der Waals surface area contributed by atoms with E-state index < -0.39 is 0 Å². The molecule has 9 aromatic rings. The van der Waals surface area contributed by atoms with Gasteiger partial charge in [0.2, 0.25) is 0 Å². The molecule has 3 heteroatoms. The maximum Gasteiger partial charge on any atom is 0.137 e. The smallest absolute Gasteiger partial charge is 0.137 e. The molecule has 0 radical (unpaired) electrons. The second-order valence-corrected chi connectivity index (χ2v) is 11.4. The Morgan fingerprint density at radius 1 is 0.422 bits per heavy atom. The van der Waals surface area contributed by atoms with Gasteiger partial charge in [-0.2, -0.15) is 0 Å². The third kappa shape index (κ3) is 4.13. The average Bonchev–Trinajstić information content (AvgIpc) is 3.64. The van der Waals surface area contributed by atoms with Gasteiger partial charge >= 0.3 is 0 Å². The Labute approximate surface area is 260 Å². The van der Waals surface area contributed by atoms with Gasteiger partial charge in [-0.3, -0.25) is 0 Å². The number of fused-ring (bicyclic) bond motifs is 6. The molecule has 0 amide bonds. The summed E-state index contributed by atoms with van der Waals surface area (Å²) in [4.78, 5) is 2.36. The summed E-state index contributed by atoms with van der Waals surface area (Å²) >= 11 is 0. The lowest BCUT2D eigenvalue weighted by molar-refractivity contribution is 0.669. The topological polar surface area (TPSA) is 21.3 Å². The molecule has 0 unspecified atom stereocenters. The number of anilines is 3. The molecule has 2 aromatic heterocycles. The number of hydrogen-bond acceptors (Lipinski definition) is 2. The third-order valence-electron chi connectivity index (χ3n) is 8.77. The van der Waals surface area contributed by atoms with Crippen LogP contribution in [0.25, 0.3) is 60.6 Å². The second kappa shape index (κ2) is 10.3. The van der Waals surface area contributed by atoms with E-state index in [1.807, 2.05) is 12.1 Å². The van der Waals surface area contributed by atoms with E-state index in [4.69, 9.17) is 4.42 Å². The first-order chi connectivity index (χ1) is 22.3. The van der Waals surface area contributed by atoms with Crippen LogP contribution in [-0.4, -0.2) is 4.57 Å². The zero-order valence-corrected chi connectivity index (χ0v) is 24.5. The van der Waals surface area contributed by atoms with Gasteiger partial charge in [0.1, 0.15) is 11.2 Å². The van der Waals surface area contributed by atoms with Crippen molar-refractivity contribution in [2.24, 2.45) is 0 Å². The summed E-state index contributed by atoms with van der Waals surface area (Å²) in [6.07, 6.45) is 0. The molecule has 2 heterocycles. The number of aromatic nitrogens is 1. The van der Waals surface area contributed by atoms with E-state index in [0.29, 0.717) is 0 Å². The van der Waals surface area contributed by atoms with Gasteiger partial charge in [0.15, 0.2) is 0 Å². The van der Waals surface area contributed by atoms with Crippen molar-refractivity contribution in [2.75, 3.05) is 4.90 Å². The second-order valence-electron chi connectivity index (χ2n) is 11.4. The lowest BCUT2D eigenvalue weighted by Gasteiger charge is -2.28. The maximum atomic E-state index is 6.39. The molecule has 0 fully saturated rings. The third-order valence-corrected chi connectivity index (χ3v) is 8.77. The lowest BCUT2D eigenvalue weighted by atomic mass is 9.98. The fourth-order valence-electron chi connectivity index (χ4n) is 6.75. The molecule has 0 bridgehead atoms. The minimum absolute atomic E-state index is 0.871. The number of furan rings is 1. The minimum atomic E-state index is 0.871. The molecule has 212 valence electrons. The van der Waals surface area contributed by atoms with Crippen molar-refractivity contribution in [1.82, 2.24) is 4.57 Å². The van der Waals surface area contributed by atoms with Crippen LogP contribution in [0, 0.1) is 0 Å². The Hall–Kier alpha value is -6.06. The normalized spacial score (nSPS) is 11.6. The van der Waals surface area contributed by atoms with E-state index >= 15 is 0 Å². The highest BCUT2D eigenvalue weighted by Gasteiger charge is 2.22. The van der Waals surface area contributed by atoms with Crippen molar-refractivity contribution in [1.29, 1.82) is 0 Å². The largest absolute Gasteiger partial charge is 0.456 e. The van der Waals surface area contributed by atoms with E-state index in [9.17, 15) is 0 Å². The summed E-state index contributed by atoms with van der Waals surface area (Å²) in [5.41, 5.74) is 10.8. The molecular weight excluding hydrogens is 548 g/mol. The molecule has 3 nitrogen and oxygen atoms in total. The van der Waals surface area contributed by atoms with Crippen molar-refractivity contribution in [2.45, 2.75) is 0 Å². The molecular formula is C42H28N2O. The molecule has 0 saturated carbocycles. The lowest BCUT2D eigenvalue weighted by Crippen LogP contribution is -2.11. The van der Waals surface area contributed by atoms with Crippen LogP contribution in [0.1, 0.15) is 0 Å². The maximum absolute atomic E-state index is 6.39. The van der Waals surface area contributed by atoms with Gasteiger partial charge in [-0.25, -0.2) is 0 Å². The van der Waals surface area contributed by atoms with E-state index in [1.54, 1.807) is 0 Å². The monoisotopic (exact) mass is 576 g/mol. The van der Waals surface area contributed by atoms with Crippen LogP contribution in [-0.2, 0) is 0 Å². The van der Waals surface area contributed by atoms with Crippen LogP contribution >= 0.6 is 0 Å². The summed E-state index contributed by atoms with van der Waals surface area (Å²) in [6.45, 7) is 0. The first-order valence-electron chi connectivity index (χ1n) is 15.3. The number of benzene rings is 7. The SMILES string of the molecule is c1ccc(-c2cc3c4ccccc4n(-c4ccccc4)c3cc2N(c2ccccc2)c2ccc3c(c2)oc2ccccc23)cc1. The molecule has 0 saturated heterocycles. The van der Waals surface area contributed by atoms with Crippen molar-refractivity contribution >= 4 is 60.8 Å². The van der Waals surface area contributed by atoms with E-state index in [-0.39, 0.29) is 0 Å². The highest BCUT2D eigenvalue weighted by Crippen LogP contribution is 2.46. The van der Waals surface area contributed by atoms with Gasteiger partial charge in [-0.05, 0) is 66.2 Å². The standard InChI is InChI=1S/C42H28N2O/c1-4-14-29(15-5-1)36-27-37-33-20-10-12-22-38(33)44(31-18-8-3-9-19-31)40(37)28-39(36)43(30-16-6-2-7-17-30)32-24-25-35-34-21-11-13-23-41(34)45-42(35)26-32/h1-28H. The van der Waals surface area contributed by atoms with E-state index in [1.165, 1.54) is 16.3 Å². The number of para-hydroxylation sites is 4. The fourth-order valence-corrected chi connectivity index (χ4v) is 6.75. The fraction of sp³-hybridized carbons (Fsp3) is 0. The van der Waals surface area contributed by atoms with Crippen LogP contribution in [0.4, 0.5) is 17.1 Å². The van der Waals surface area contributed by atoms with Crippen molar-refractivity contribution in [3.63, 3.8) is 0 Å². The van der Waals surface area contributed by atoms with Crippen LogP contribution < -0.4 is 4.90 Å². The highest BCUT2D eigenvalue weighted by molar-refractivity contribution is 6.13. The molecule has 0 aliphatic carbocycles. The van der Waals surface area contributed by atoms with Gasteiger partial charge in [0, 0.05) is 50.2 Å². The van der Waals surface area contributed by atoms with Gasteiger partial charge in [0.05, 0.1) is 16.7 Å². The minimum Gasteiger partial charge on any atom is -0.456 e. The molecule has 7 aromatic carbocycles. The van der Waals surface area contributed by atoms with Crippen LogP contribution in [0.5, 0.6) is 0 Å². The molecule has 0 aliphatic rings. The molecule has 0 N–H and O–H groups in total. The Kier molecular flexibility index (Phi) is 5.82. The van der Waals surface area contributed by atoms with Gasteiger partial charge in [-0.1, -0.05) is 103 Å². The van der Waals surface area contributed by atoms with Crippen molar-refractivity contribution in [3.8, 4) is 16.8 Å². The summed E-state index contributed by atoms with van der Waals surface area (Å²) in [5.74, 6) is 0. The number of rotatable bonds is 5. The Morgan fingerprint density at radius 2 is 1.07 bits per heavy atom. The van der Waals surface area contributed by atoms with Gasteiger partial charge < -0.3 is 13.9 Å². The molecule has 0 spiro atoms. The summed E-state index contributed by atoms with van der Waals surface area (Å²) < 4.78 is 8.77. The highest BCUT2D eigenvalue weighted by atomic mass is 16.3. The summed E-state index contributed by atoms with van der Waals surface area (Å²) in [6, 6.07) is 60.2. The average molecular weight is 577 g/mol. The van der Waals surface area contributed by atoms with Crippen LogP contribution in [0.2, 0.25) is 0 Å².